The van der Waals surface area contributed by atoms with Crippen molar-refractivity contribution in [1.82, 2.24) is 9.88 Å². The Bertz CT molecular complexity index is 339. The van der Waals surface area contributed by atoms with E-state index in [1.807, 2.05) is 12.4 Å². The highest BCUT2D eigenvalue weighted by Gasteiger charge is 2.26. The number of rotatable bonds is 4. The van der Waals surface area contributed by atoms with E-state index in [-0.39, 0.29) is 0 Å². The molecule has 2 N–H and O–H groups in total. The van der Waals surface area contributed by atoms with Crippen molar-refractivity contribution >= 4 is 0 Å². The number of nitrogens with zero attached hydrogens (tertiary/aromatic N) is 2. The van der Waals surface area contributed by atoms with Crippen LogP contribution < -0.4 is 5.73 Å². The fourth-order valence-electron chi connectivity index (χ4n) is 3.10. The van der Waals surface area contributed by atoms with Crippen molar-refractivity contribution in [2.45, 2.75) is 51.1 Å². The Labute approximate surface area is 110 Å². The number of hydrogen-bond acceptors (Lipinski definition) is 3. The third kappa shape index (κ3) is 3.09. The molecule has 100 valence electrons. The van der Waals surface area contributed by atoms with Crippen LogP contribution in [0.15, 0.2) is 24.5 Å². The summed E-state index contributed by atoms with van der Waals surface area (Å²) >= 11 is 0. The van der Waals surface area contributed by atoms with Gasteiger partial charge in [0.15, 0.2) is 0 Å². The summed E-state index contributed by atoms with van der Waals surface area (Å²) in [6.07, 6.45) is 10.3. The van der Waals surface area contributed by atoms with Crippen LogP contribution in [0.2, 0.25) is 0 Å². The van der Waals surface area contributed by atoms with Crippen molar-refractivity contribution in [3.8, 4) is 0 Å². The number of nitrogens with two attached hydrogens (primary N) is 1. The van der Waals surface area contributed by atoms with Crippen LogP contribution in [-0.4, -0.2) is 29.0 Å². The van der Waals surface area contributed by atoms with Gasteiger partial charge in [0.2, 0.25) is 0 Å². The second kappa shape index (κ2) is 6.86. The van der Waals surface area contributed by atoms with Gasteiger partial charge in [0.1, 0.15) is 0 Å². The molecule has 0 aliphatic carbocycles. The minimum absolute atomic E-state index is 0.357. The Balaban J connectivity index is 2.19. The quantitative estimate of drug-likeness (QED) is 0.889. The summed E-state index contributed by atoms with van der Waals surface area (Å²) in [5.41, 5.74) is 7.35. The molecule has 1 fully saturated rings. The second-order valence-electron chi connectivity index (χ2n) is 5.18. The van der Waals surface area contributed by atoms with Gasteiger partial charge in [-0.25, -0.2) is 0 Å². The van der Waals surface area contributed by atoms with Gasteiger partial charge in [0, 0.05) is 31.0 Å². The summed E-state index contributed by atoms with van der Waals surface area (Å²) < 4.78 is 0. The van der Waals surface area contributed by atoms with Crippen LogP contribution in [0.3, 0.4) is 0 Å². The minimum atomic E-state index is 0.357. The number of hydrogen-bond donors (Lipinski definition) is 1. The lowest BCUT2D eigenvalue weighted by atomic mass is 10.0. The third-order valence-electron chi connectivity index (χ3n) is 4.11. The maximum absolute atomic E-state index is 6.04. The topological polar surface area (TPSA) is 42.1 Å². The number of pyridine rings is 1. The smallest absolute Gasteiger partial charge is 0.0474 e. The van der Waals surface area contributed by atoms with Crippen LogP contribution in [0.1, 0.15) is 50.6 Å². The Morgan fingerprint density at radius 3 is 2.78 bits per heavy atom. The molecule has 3 heteroatoms. The Morgan fingerprint density at radius 1 is 1.33 bits per heavy atom. The SMILES string of the molecule is CCC1CCCCCN1C(CN)c1ccncc1. The van der Waals surface area contributed by atoms with E-state index in [1.165, 1.54) is 44.2 Å². The zero-order chi connectivity index (χ0) is 12.8. The molecule has 1 aromatic rings. The summed E-state index contributed by atoms with van der Waals surface area (Å²) in [7, 11) is 0. The second-order valence-corrected chi connectivity index (χ2v) is 5.18. The molecule has 1 aliphatic heterocycles. The van der Waals surface area contributed by atoms with E-state index in [9.17, 15) is 0 Å². The van der Waals surface area contributed by atoms with Crippen molar-refractivity contribution in [3.05, 3.63) is 30.1 Å². The van der Waals surface area contributed by atoms with Crippen LogP contribution in [0, 0.1) is 0 Å². The van der Waals surface area contributed by atoms with E-state index in [4.69, 9.17) is 5.73 Å². The molecule has 2 unspecified atom stereocenters. The lowest BCUT2D eigenvalue weighted by Crippen LogP contribution is -2.41. The fraction of sp³-hybridized carbons (Fsp3) is 0.667. The maximum atomic E-state index is 6.04. The molecular weight excluding hydrogens is 222 g/mol. The van der Waals surface area contributed by atoms with Crippen molar-refractivity contribution in [3.63, 3.8) is 0 Å². The Morgan fingerprint density at radius 2 is 2.11 bits per heavy atom. The molecule has 1 saturated heterocycles. The van der Waals surface area contributed by atoms with Gasteiger partial charge in [-0.15, -0.1) is 0 Å². The normalized spacial score (nSPS) is 23.6. The first-order valence-corrected chi connectivity index (χ1v) is 7.22. The molecule has 1 aromatic heterocycles. The highest BCUT2D eigenvalue weighted by Crippen LogP contribution is 2.28. The lowest BCUT2D eigenvalue weighted by molar-refractivity contribution is 0.136. The number of aromatic nitrogens is 1. The highest BCUT2D eigenvalue weighted by atomic mass is 15.2. The number of likely N-dealkylation sites (tertiary alicyclic amines) is 1. The summed E-state index contributed by atoms with van der Waals surface area (Å²) in [6.45, 7) is 4.17. The molecule has 2 atom stereocenters. The van der Waals surface area contributed by atoms with Gasteiger partial charge in [-0.05, 0) is 43.5 Å². The molecule has 0 radical (unpaired) electrons. The van der Waals surface area contributed by atoms with E-state index in [0.29, 0.717) is 18.6 Å². The van der Waals surface area contributed by atoms with Crippen LogP contribution in [-0.2, 0) is 0 Å². The molecule has 0 spiro atoms. The third-order valence-corrected chi connectivity index (χ3v) is 4.11. The molecule has 1 aliphatic rings. The van der Waals surface area contributed by atoms with Crippen molar-refractivity contribution in [2.75, 3.05) is 13.1 Å². The molecule has 0 amide bonds. The maximum Gasteiger partial charge on any atom is 0.0474 e. The standard InChI is InChI=1S/C15H25N3/c1-2-14-6-4-3-5-11-18(14)15(12-16)13-7-9-17-10-8-13/h7-10,14-15H,2-6,11-12,16H2,1H3. The molecule has 2 heterocycles. The first kappa shape index (κ1) is 13.5. The van der Waals surface area contributed by atoms with Gasteiger partial charge in [-0.1, -0.05) is 19.8 Å². The van der Waals surface area contributed by atoms with Crippen molar-refractivity contribution in [2.24, 2.45) is 5.73 Å². The molecule has 2 rings (SSSR count). The van der Waals surface area contributed by atoms with E-state index in [0.717, 1.165) is 0 Å². The summed E-state index contributed by atoms with van der Waals surface area (Å²) in [5, 5.41) is 0. The van der Waals surface area contributed by atoms with Crippen LogP contribution in [0.25, 0.3) is 0 Å². The van der Waals surface area contributed by atoms with Gasteiger partial charge in [-0.2, -0.15) is 0 Å². The van der Waals surface area contributed by atoms with Gasteiger partial charge < -0.3 is 5.73 Å². The average molecular weight is 247 g/mol. The molecule has 0 saturated carbocycles. The van der Waals surface area contributed by atoms with Gasteiger partial charge in [0.25, 0.3) is 0 Å². The lowest BCUT2D eigenvalue weighted by Gasteiger charge is -2.36. The van der Waals surface area contributed by atoms with Crippen molar-refractivity contribution < 1.29 is 0 Å². The van der Waals surface area contributed by atoms with Crippen LogP contribution in [0.4, 0.5) is 0 Å². The predicted molar refractivity (Wildman–Crippen MR) is 75.3 cm³/mol. The first-order valence-electron chi connectivity index (χ1n) is 7.22. The molecular formula is C15H25N3. The van der Waals surface area contributed by atoms with E-state index in [1.54, 1.807) is 0 Å². The van der Waals surface area contributed by atoms with E-state index < -0.39 is 0 Å². The predicted octanol–water partition coefficient (Wildman–Crippen LogP) is 2.74. The zero-order valence-electron chi connectivity index (χ0n) is 11.4. The van der Waals surface area contributed by atoms with Gasteiger partial charge in [-0.3, -0.25) is 9.88 Å². The minimum Gasteiger partial charge on any atom is -0.329 e. The molecule has 0 bridgehead atoms. The van der Waals surface area contributed by atoms with Gasteiger partial charge >= 0.3 is 0 Å². The Hall–Kier alpha value is -0.930. The first-order chi connectivity index (χ1) is 8.86. The summed E-state index contributed by atoms with van der Waals surface area (Å²) in [5.74, 6) is 0. The molecule has 3 nitrogen and oxygen atoms in total. The largest absolute Gasteiger partial charge is 0.329 e. The fourth-order valence-corrected chi connectivity index (χ4v) is 3.10. The molecule has 18 heavy (non-hydrogen) atoms. The monoisotopic (exact) mass is 247 g/mol. The van der Waals surface area contributed by atoms with Gasteiger partial charge in [0.05, 0.1) is 0 Å². The Kier molecular flexibility index (Phi) is 5.14. The van der Waals surface area contributed by atoms with Crippen molar-refractivity contribution in [1.29, 1.82) is 0 Å². The van der Waals surface area contributed by atoms with Crippen LogP contribution >= 0.6 is 0 Å². The zero-order valence-corrected chi connectivity index (χ0v) is 11.4. The average Bonchev–Trinajstić information content (AvgIpc) is 2.66. The van der Waals surface area contributed by atoms with E-state index >= 15 is 0 Å². The summed E-state index contributed by atoms with van der Waals surface area (Å²) in [4.78, 5) is 6.73. The molecule has 0 aromatic carbocycles. The summed E-state index contributed by atoms with van der Waals surface area (Å²) in [6, 6.07) is 5.26. The van der Waals surface area contributed by atoms with E-state index in [2.05, 4.69) is 28.9 Å². The van der Waals surface area contributed by atoms with Crippen LogP contribution in [0.5, 0.6) is 0 Å². The highest BCUT2D eigenvalue weighted by molar-refractivity contribution is 5.16.